The minimum Gasteiger partial charge on any atom is -0.395 e. The monoisotopic (exact) mass is 197 g/mol. The first-order valence-corrected chi connectivity index (χ1v) is 4.82. The highest BCUT2D eigenvalue weighted by molar-refractivity contribution is 6.05. The number of hydrogen-bond acceptors (Lipinski definition) is 3. The van der Waals surface area contributed by atoms with Gasteiger partial charge in [0.15, 0.2) is 0 Å². The molecule has 5 N–H and O–H groups in total. The maximum absolute atomic E-state index is 5.94. The normalized spacial score (nSPS) is 14.1. The summed E-state index contributed by atoms with van der Waals surface area (Å²) in [5, 5.41) is 5.43. The molecule has 3 rings (SSSR count). The van der Waals surface area contributed by atoms with Crippen molar-refractivity contribution in [3.05, 3.63) is 47.8 Å². The second-order valence-corrected chi connectivity index (χ2v) is 3.66. The van der Waals surface area contributed by atoms with E-state index in [9.17, 15) is 0 Å². The largest absolute Gasteiger partial charge is 0.395 e. The second-order valence-electron chi connectivity index (χ2n) is 3.66. The van der Waals surface area contributed by atoms with Gasteiger partial charge in [0, 0.05) is 16.6 Å². The van der Waals surface area contributed by atoms with Crippen LogP contribution < -0.4 is 16.8 Å². The zero-order chi connectivity index (χ0) is 10.4. The maximum Gasteiger partial charge on any atom is 0.125 e. The van der Waals surface area contributed by atoms with Crippen LogP contribution in [0.4, 0.5) is 5.69 Å². The molecule has 15 heavy (non-hydrogen) atoms. The Morgan fingerprint density at radius 1 is 0.933 bits per heavy atom. The van der Waals surface area contributed by atoms with Crippen LogP contribution in [0.2, 0.25) is 0 Å². The van der Waals surface area contributed by atoms with Gasteiger partial charge in [-0.15, -0.1) is 0 Å². The third-order valence-corrected chi connectivity index (χ3v) is 2.75. The first kappa shape index (κ1) is 8.17. The molecular formula is C12H11N3. The van der Waals surface area contributed by atoms with Gasteiger partial charge in [-0.25, -0.2) is 0 Å². The lowest BCUT2D eigenvalue weighted by Gasteiger charge is -2.20. The van der Waals surface area contributed by atoms with E-state index < -0.39 is 0 Å². The van der Waals surface area contributed by atoms with Crippen molar-refractivity contribution in [1.29, 1.82) is 0 Å². The Bertz CT molecular complexity index is 579. The molecule has 0 fully saturated rings. The summed E-state index contributed by atoms with van der Waals surface area (Å²) < 4.78 is 0. The molecule has 0 aliphatic carbocycles. The van der Waals surface area contributed by atoms with Crippen LogP contribution in [-0.2, 0) is 0 Å². The highest BCUT2D eigenvalue weighted by atomic mass is 15.0. The van der Waals surface area contributed by atoms with E-state index in [0.717, 1.165) is 16.6 Å². The van der Waals surface area contributed by atoms with Crippen LogP contribution in [0, 0.1) is 0 Å². The number of rotatable bonds is 0. The third-order valence-electron chi connectivity index (χ3n) is 2.75. The Morgan fingerprint density at radius 3 is 2.47 bits per heavy atom. The van der Waals surface area contributed by atoms with Gasteiger partial charge in [0.2, 0.25) is 0 Å². The number of anilines is 1. The lowest BCUT2D eigenvalue weighted by atomic mass is 9.98. The van der Waals surface area contributed by atoms with Gasteiger partial charge in [-0.05, 0) is 11.5 Å². The van der Waals surface area contributed by atoms with Crippen LogP contribution in [0.5, 0.6) is 0 Å². The molecule has 0 bridgehead atoms. The number of hydrogen-bond donors (Lipinski definition) is 3. The molecule has 2 aromatic rings. The molecule has 0 saturated heterocycles. The standard InChI is InChI=1S/C12H11N3/c13-11-8-5-1-3-7-4-2-6-9(10(7)8)15-12(11)14/h1-6,15H,13-14H2. The van der Waals surface area contributed by atoms with Gasteiger partial charge in [-0.2, -0.15) is 0 Å². The summed E-state index contributed by atoms with van der Waals surface area (Å²) in [6, 6.07) is 12.1. The quantitative estimate of drug-likeness (QED) is 0.603. The fourth-order valence-electron chi connectivity index (χ4n) is 2.03. The fraction of sp³-hybridized carbons (Fsp3) is 0. The smallest absolute Gasteiger partial charge is 0.125 e. The summed E-state index contributed by atoms with van der Waals surface area (Å²) >= 11 is 0. The minimum absolute atomic E-state index is 0.529. The van der Waals surface area contributed by atoms with Gasteiger partial charge in [0.25, 0.3) is 0 Å². The highest BCUT2D eigenvalue weighted by Gasteiger charge is 2.15. The van der Waals surface area contributed by atoms with Crippen molar-refractivity contribution in [3.8, 4) is 0 Å². The van der Waals surface area contributed by atoms with E-state index in [4.69, 9.17) is 11.5 Å². The molecule has 0 aromatic heterocycles. The molecule has 0 unspecified atom stereocenters. The summed E-state index contributed by atoms with van der Waals surface area (Å²) in [6.45, 7) is 0. The Balaban J connectivity index is 2.50. The Labute approximate surface area is 87.4 Å². The number of nitrogens with two attached hydrogens (primary N) is 2. The summed E-state index contributed by atoms with van der Waals surface area (Å²) in [6.07, 6.45) is 0. The third kappa shape index (κ3) is 1.00. The molecule has 0 amide bonds. The van der Waals surface area contributed by atoms with Crippen molar-refractivity contribution in [2.24, 2.45) is 11.5 Å². The van der Waals surface area contributed by atoms with Crippen LogP contribution in [-0.4, -0.2) is 0 Å². The molecule has 1 heterocycles. The van der Waals surface area contributed by atoms with E-state index in [1.165, 1.54) is 5.39 Å². The van der Waals surface area contributed by atoms with E-state index in [1.54, 1.807) is 0 Å². The predicted molar refractivity (Wildman–Crippen MR) is 62.9 cm³/mol. The van der Waals surface area contributed by atoms with Crippen LogP contribution in [0.25, 0.3) is 16.5 Å². The van der Waals surface area contributed by atoms with E-state index in [1.807, 2.05) is 24.3 Å². The van der Waals surface area contributed by atoms with Crippen LogP contribution in [0.15, 0.2) is 42.2 Å². The lowest BCUT2D eigenvalue weighted by Crippen LogP contribution is -2.20. The molecule has 1 aliphatic rings. The molecule has 0 spiro atoms. The van der Waals surface area contributed by atoms with Crippen LogP contribution in [0.3, 0.4) is 0 Å². The summed E-state index contributed by atoms with van der Waals surface area (Å²) in [5.41, 5.74) is 14.4. The summed E-state index contributed by atoms with van der Waals surface area (Å²) in [4.78, 5) is 0. The highest BCUT2D eigenvalue weighted by Crippen LogP contribution is 2.34. The van der Waals surface area contributed by atoms with E-state index >= 15 is 0 Å². The molecule has 0 saturated carbocycles. The number of nitrogens with one attached hydrogen (secondary N) is 1. The van der Waals surface area contributed by atoms with Crippen molar-refractivity contribution >= 4 is 22.2 Å². The van der Waals surface area contributed by atoms with Crippen LogP contribution >= 0.6 is 0 Å². The van der Waals surface area contributed by atoms with E-state index in [-0.39, 0.29) is 0 Å². The summed E-state index contributed by atoms with van der Waals surface area (Å²) in [7, 11) is 0. The molecule has 1 aliphatic heterocycles. The predicted octanol–water partition coefficient (Wildman–Crippen LogP) is 1.81. The molecule has 3 nitrogen and oxygen atoms in total. The zero-order valence-corrected chi connectivity index (χ0v) is 8.12. The molecular weight excluding hydrogens is 186 g/mol. The van der Waals surface area contributed by atoms with Crippen molar-refractivity contribution in [2.45, 2.75) is 0 Å². The molecule has 3 heteroatoms. The van der Waals surface area contributed by atoms with E-state index in [0.29, 0.717) is 11.5 Å². The van der Waals surface area contributed by atoms with Gasteiger partial charge in [0.1, 0.15) is 5.82 Å². The van der Waals surface area contributed by atoms with Gasteiger partial charge in [-0.3, -0.25) is 0 Å². The maximum atomic E-state index is 5.94. The van der Waals surface area contributed by atoms with E-state index in [2.05, 4.69) is 17.4 Å². The topological polar surface area (TPSA) is 64.1 Å². The number of benzene rings is 2. The fourth-order valence-corrected chi connectivity index (χ4v) is 2.03. The molecule has 0 radical (unpaired) electrons. The van der Waals surface area contributed by atoms with Gasteiger partial charge in [-0.1, -0.05) is 30.3 Å². The molecule has 2 aromatic carbocycles. The Morgan fingerprint density at radius 2 is 1.67 bits per heavy atom. The van der Waals surface area contributed by atoms with Gasteiger partial charge < -0.3 is 16.8 Å². The Kier molecular flexibility index (Phi) is 1.45. The first-order valence-electron chi connectivity index (χ1n) is 4.82. The van der Waals surface area contributed by atoms with Crippen LogP contribution in [0.1, 0.15) is 5.56 Å². The average Bonchev–Trinajstić information content (AvgIpc) is 2.26. The van der Waals surface area contributed by atoms with Crippen molar-refractivity contribution in [1.82, 2.24) is 0 Å². The summed E-state index contributed by atoms with van der Waals surface area (Å²) in [5.74, 6) is 0.529. The van der Waals surface area contributed by atoms with Gasteiger partial charge in [0.05, 0.1) is 5.70 Å². The van der Waals surface area contributed by atoms with Crippen molar-refractivity contribution < 1.29 is 0 Å². The zero-order valence-electron chi connectivity index (χ0n) is 8.12. The van der Waals surface area contributed by atoms with Crippen molar-refractivity contribution in [2.75, 3.05) is 5.32 Å². The van der Waals surface area contributed by atoms with Gasteiger partial charge >= 0.3 is 0 Å². The molecule has 0 atom stereocenters. The minimum atomic E-state index is 0.529. The molecule has 74 valence electrons. The van der Waals surface area contributed by atoms with Crippen molar-refractivity contribution in [3.63, 3.8) is 0 Å². The average molecular weight is 197 g/mol. The SMILES string of the molecule is NC1=C(N)c2cccc3cccc(c23)N1. The Hall–Kier alpha value is -2.16. The second kappa shape index (κ2) is 2.67. The lowest BCUT2D eigenvalue weighted by molar-refractivity contribution is 1.27. The first-order chi connectivity index (χ1) is 7.27.